The van der Waals surface area contributed by atoms with E-state index in [0.29, 0.717) is 17.0 Å². The fraction of sp³-hybridized carbons (Fsp3) is 0.214. The average Bonchev–Trinajstić information content (AvgIpc) is 3.22. The van der Waals surface area contributed by atoms with Crippen LogP contribution in [0.5, 0.6) is 0 Å². The predicted molar refractivity (Wildman–Crippen MR) is 79.3 cm³/mol. The second-order valence-corrected chi connectivity index (χ2v) is 4.99. The number of nitrogens with two attached hydrogens (primary N) is 3. The normalized spacial score (nSPS) is 15.6. The van der Waals surface area contributed by atoms with Gasteiger partial charge in [0.1, 0.15) is 5.82 Å². The van der Waals surface area contributed by atoms with Gasteiger partial charge in [-0.05, 0) is 18.4 Å². The molecule has 0 saturated heterocycles. The lowest BCUT2D eigenvalue weighted by Gasteiger charge is -2.12. The van der Waals surface area contributed by atoms with Crippen LogP contribution in [0, 0.1) is 11.3 Å². The zero-order chi connectivity index (χ0) is 14.0. The molecule has 100 valence electrons. The highest BCUT2D eigenvalue weighted by Crippen LogP contribution is 2.36. The zero-order valence-electron chi connectivity index (χ0n) is 10.5. The summed E-state index contributed by atoms with van der Waals surface area (Å²) >= 11 is 6.29. The van der Waals surface area contributed by atoms with E-state index >= 15 is 0 Å². The van der Waals surface area contributed by atoms with E-state index in [9.17, 15) is 0 Å². The fourth-order valence-electron chi connectivity index (χ4n) is 1.86. The quantitative estimate of drug-likeness (QED) is 0.500. The van der Waals surface area contributed by atoms with Gasteiger partial charge in [-0.15, -0.1) is 0 Å². The Labute approximate surface area is 117 Å². The number of halogens is 1. The Kier molecular flexibility index (Phi) is 3.81. The van der Waals surface area contributed by atoms with Crippen LogP contribution in [0.3, 0.4) is 0 Å². The number of rotatable bonds is 4. The third kappa shape index (κ3) is 2.90. The third-order valence-electron chi connectivity index (χ3n) is 3.08. The first-order valence-corrected chi connectivity index (χ1v) is 6.45. The van der Waals surface area contributed by atoms with Crippen LogP contribution in [0.1, 0.15) is 18.4 Å². The van der Waals surface area contributed by atoms with E-state index in [1.165, 1.54) is 0 Å². The summed E-state index contributed by atoms with van der Waals surface area (Å²) in [5.74, 6) is 0.246. The molecule has 0 atom stereocenters. The van der Waals surface area contributed by atoms with Crippen LogP contribution < -0.4 is 17.2 Å². The highest BCUT2D eigenvalue weighted by atomic mass is 35.5. The summed E-state index contributed by atoms with van der Waals surface area (Å²) in [5, 5.41) is 8.34. The van der Waals surface area contributed by atoms with Crippen LogP contribution in [-0.2, 0) is 0 Å². The van der Waals surface area contributed by atoms with Gasteiger partial charge in [0.15, 0.2) is 0 Å². The van der Waals surface area contributed by atoms with Gasteiger partial charge in [0.2, 0.25) is 0 Å². The van der Waals surface area contributed by atoms with E-state index in [1.807, 2.05) is 30.3 Å². The summed E-state index contributed by atoms with van der Waals surface area (Å²) in [6, 6.07) is 9.33. The zero-order valence-corrected chi connectivity index (χ0v) is 11.2. The maximum Gasteiger partial charge on any atom is 0.104 e. The van der Waals surface area contributed by atoms with Crippen LogP contribution in [0.4, 0.5) is 0 Å². The summed E-state index contributed by atoms with van der Waals surface area (Å²) in [7, 11) is 0. The van der Waals surface area contributed by atoms with Gasteiger partial charge in [-0.3, -0.25) is 0 Å². The second-order valence-electron chi connectivity index (χ2n) is 4.61. The molecule has 0 bridgehead atoms. The molecule has 0 aromatic heterocycles. The van der Waals surface area contributed by atoms with Crippen molar-refractivity contribution in [2.75, 3.05) is 0 Å². The molecule has 0 unspecified atom stereocenters. The molecule has 1 aliphatic carbocycles. The van der Waals surface area contributed by atoms with Crippen molar-refractivity contribution in [3.8, 4) is 0 Å². The number of hydrogen-bond acceptors (Lipinski definition) is 4. The lowest BCUT2D eigenvalue weighted by atomic mass is 10.0. The van der Waals surface area contributed by atoms with E-state index in [0.717, 1.165) is 18.4 Å². The molecule has 7 N–H and O–H groups in total. The highest BCUT2D eigenvalue weighted by Gasteiger charge is 2.31. The molecular weight excluding hydrogens is 260 g/mol. The van der Waals surface area contributed by atoms with Crippen molar-refractivity contribution >= 4 is 23.0 Å². The van der Waals surface area contributed by atoms with Gasteiger partial charge < -0.3 is 22.6 Å². The topological polar surface area (TPSA) is 102 Å². The standard InChI is InChI=1S/C14H17ClN4/c15-11(13(17)8-4-2-1-3-5-8)10(14(18)19)12(16)9-6-7-9/h1-5,9,16H,6-7,17-19H2/b13-11+,16-12?. The van der Waals surface area contributed by atoms with Crippen LogP contribution in [0.2, 0.25) is 0 Å². The summed E-state index contributed by atoms with van der Waals surface area (Å²) in [5.41, 5.74) is 19.3. The molecule has 0 aliphatic heterocycles. The first-order chi connectivity index (χ1) is 9.02. The van der Waals surface area contributed by atoms with Gasteiger partial charge in [0.05, 0.1) is 16.3 Å². The Balaban J connectivity index is 2.42. The lowest BCUT2D eigenvalue weighted by Crippen LogP contribution is -2.20. The van der Waals surface area contributed by atoms with E-state index in [-0.39, 0.29) is 16.8 Å². The molecule has 5 heteroatoms. The van der Waals surface area contributed by atoms with Crippen molar-refractivity contribution in [1.82, 2.24) is 0 Å². The smallest absolute Gasteiger partial charge is 0.104 e. The van der Waals surface area contributed by atoms with Crippen LogP contribution >= 0.6 is 11.6 Å². The maximum atomic E-state index is 8.09. The molecule has 4 nitrogen and oxygen atoms in total. The van der Waals surface area contributed by atoms with Crippen LogP contribution in [0.25, 0.3) is 5.70 Å². The minimum Gasteiger partial charge on any atom is -0.397 e. The molecule has 1 saturated carbocycles. The van der Waals surface area contributed by atoms with Gasteiger partial charge in [-0.2, -0.15) is 0 Å². The molecule has 0 heterocycles. The van der Waals surface area contributed by atoms with Crippen molar-refractivity contribution in [2.45, 2.75) is 12.8 Å². The van der Waals surface area contributed by atoms with Crippen LogP contribution in [0.15, 0.2) is 46.8 Å². The van der Waals surface area contributed by atoms with Gasteiger partial charge in [0, 0.05) is 11.6 Å². The Morgan fingerprint density at radius 3 is 2.16 bits per heavy atom. The summed E-state index contributed by atoms with van der Waals surface area (Å²) < 4.78 is 0. The minimum atomic E-state index is 0.0424. The van der Waals surface area contributed by atoms with Gasteiger partial charge in [-0.25, -0.2) is 0 Å². The second kappa shape index (κ2) is 5.36. The molecule has 2 rings (SSSR count). The van der Waals surface area contributed by atoms with Crippen molar-refractivity contribution in [3.63, 3.8) is 0 Å². The van der Waals surface area contributed by atoms with Gasteiger partial charge >= 0.3 is 0 Å². The molecule has 1 aromatic rings. The molecule has 1 aliphatic rings. The summed E-state index contributed by atoms with van der Waals surface area (Å²) in [6.07, 6.45) is 1.95. The fourth-order valence-corrected chi connectivity index (χ4v) is 2.18. The maximum absolute atomic E-state index is 8.09. The Morgan fingerprint density at radius 2 is 1.68 bits per heavy atom. The predicted octanol–water partition coefficient (Wildman–Crippen LogP) is 2.11. The first-order valence-electron chi connectivity index (χ1n) is 6.07. The number of nitrogens with one attached hydrogen (secondary N) is 1. The van der Waals surface area contributed by atoms with Crippen LogP contribution in [-0.4, -0.2) is 5.71 Å². The van der Waals surface area contributed by atoms with E-state index in [2.05, 4.69) is 0 Å². The van der Waals surface area contributed by atoms with Crippen molar-refractivity contribution in [2.24, 2.45) is 23.1 Å². The molecule has 0 radical (unpaired) electrons. The monoisotopic (exact) mass is 276 g/mol. The largest absolute Gasteiger partial charge is 0.397 e. The van der Waals surface area contributed by atoms with Crippen molar-refractivity contribution in [1.29, 1.82) is 5.41 Å². The van der Waals surface area contributed by atoms with E-state index < -0.39 is 0 Å². The third-order valence-corrected chi connectivity index (χ3v) is 3.48. The lowest BCUT2D eigenvalue weighted by molar-refractivity contribution is 1.13. The molecule has 0 amide bonds. The number of allylic oxidation sites excluding steroid dienone is 2. The number of hydrogen-bond donors (Lipinski definition) is 4. The molecular formula is C14H17ClN4. The molecule has 1 fully saturated rings. The molecule has 1 aromatic carbocycles. The molecule has 19 heavy (non-hydrogen) atoms. The SMILES string of the molecule is N=C(C(=C(N)N)/C(Cl)=C(\N)c1ccccc1)C1CC1. The van der Waals surface area contributed by atoms with Crippen molar-refractivity contribution < 1.29 is 0 Å². The Hall–Kier alpha value is -1.94. The van der Waals surface area contributed by atoms with Gasteiger partial charge in [-0.1, -0.05) is 41.9 Å². The minimum absolute atomic E-state index is 0.0424. The first kappa shape index (κ1) is 13.5. The number of benzene rings is 1. The highest BCUT2D eigenvalue weighted by molar-refractivity contribution is 6.38. The van der Waals surface area contributed by atoms with E-state index in [1.54, 1.807) is 0 Å². The van der Waals surface area contributed by atoms with Crippen molar-refractivity contribution in [3.05, 3.63) is 52.3 Å². The Morgan fingerprint density at radius 1 is 1.11 bits per heavy atom. The van der Waals surface area contributed by atoms with Gasteiger partial charge in [0.25, 0.3) is 0 Å². The summed E-state index contributed by atoms with van der Waals surface area (Å²) in [4.78, 5) is 0. The summed E-state index contributed by atoms with van der Waals surface area (Å²) in [6.45, 7) is 0. The Bertz CT molecular complexity index is 552. The average molecular weight is 277 g/mol. The molecule has 0 spiro atoms. The van der Waals surface area contributed by atoms with E-state index in [4.69, 9.17) is 34.2 Å².